The second kappa shape index (κ2) is 10.9. The number of allylic oxidation sites excluding steroid dienone is 4. The second-order valence-corrected chi connectivity index (χ2v) is 1.96. The van der Waals surface area contributed by atoms with E-state index in [0.29, 0.717) is 0 Å². The maximum Gasteiger partial charge on any atom is 4.00 e. The van der Waals surface area contributed by atoms with E-state index in [1.807, 2.05) is 0 Å². The Bertz CT molecular complexity index is 141. The molecule has 0 fully saturated rings. The van der Waals surface area contributed by atoms with Gasteiger partial charge in [-0.05, 0) is 0 Å². The van der Waals surface area contributed by atoms with Crippen molar-refractivity contribution < 1.29 is 55.8 Å². The standard InChI is InChI=1S/C7H9.3ClH.V/c1-6-4-3-5-7(6)2;;;;/h3H,4H2,1-2H3;3*1H;/q-1;;;;+4/p-3. The third kappa shape index (κ3) is 7.30. The van der Waals surface area contributed by atoms with Gasteiger partial charge in [0.05, 0.1) is 0 Å². The van der Waals surface area contributed by atoms with E-state index in [9.17, 15) is 0 Å². The zero-order valence-corrected chi connectivity index (χ0v) is 10.0. The van der Waals surface area contributed by atoms with Crippen LogP contribution in [0.15, 0.2) is 17.2 Å². The van der Waals surface area contributed by atoms with E-state index in [0.717, 1.165) is 6.42 Å². The molecular formula is C7H9Cl3V. The van der Waals surface area contributed by atoms with Crippen LogP contribution < -0.4 is 37.2 Å². The van der Waals surface area contributed by atoms with Crippen molar-refractivity contribution in [1.29, 1.82) is 0 Å². The molecular weight excluding hydrogens is 241 g/mol. The van der Waals surface area contributed by atoms with Gasteiger partial charge in [0, 0.05) is 0 Å². The maximum atomic E-state index is 3.12. The van der Waals surface area contributed by atoms with Gasteiger partial charge in [-0.2, -0.15) is 6.08 Å². The van der Waals surface area contributed by atoms with Gasteiger partial charge in [0.15, 0.2) is 0 Å². The van der Waals surface area contributed by atoms with E-state index < -0.39 is 0 Å². The third-order valence-corrected chi connectivity index (χ3v) is 1.37. The number of halogens is 3. The Morgan fingerprint density at radius 1 is 1.18 bits per heavy atom. The number of hydrogen-bond acceptors (Lipinski definition) is 0. The predicted molar refractivity (Wildman–Crippen MR) is 30.8 cm³/mol. The van der Waals surface area contributed by atoms with Gasteiger partial charge in [-0.15, -0.1) is 6.92 Å². The average Bonchev–Trinajstić information content (AvgIpc) is 1.91. The molecule has 0 atom stereocenters. The quantitative estimate of drug-likeness (QED) is 0.375. The fourth-order valence-corrected chi connectivity index (χ4v) is 0.634. The van der Waals surface area contributed by atoms with Gasteiger partial charge in [0.25, 0.3) is 0 Å². The van der Waals surface area contributed by atoms with Crippen molar-refractivity contribution in [2.45, 2.75) is 20.3 Å². The van der Waals surface area contributed by atoms with Gasteiger partial charge in [-0.25, -0.2) is 11.1 Å². The smallest absolute Gasteiger partial charge is 1.00 e. The molecule has 1 aliphatic carbocycles. The van der Waals surface area contributed by atoms with Gasteiger partial charge >= 0.3 is 18.6 Å². The van der Waals surface area contributed by atoms with Crippen LogP contribution in [0.1, 0.15) is 20.3 Å². The zero-order valence-electron chi connectivity index (χ0n) is 6.37. The normalized spacial score (nSPS) is 12.2. The molecule has 0 aliphatic heterocycles. The molecule has 0 aromatic rings. The molecule has 0 spiro atoms. The van der Waals surface area contributed by atoms with E-state index in [1.165, 1.54) is 11.1 Å². The zero-order chi connectivity index (χ0) is 5.28. The van der Waals surface area contributed by atoms with Crippen LogP contribution in [0.3, 0.4) is 0 Å². The first-order chi connectivity index (χ1) is 3.30. The minimum Gasteiger partial charge on any atom is -1.00 e. The summed E-state index contributed by atoms with van der Waals surface area (Å²) in [6.07, 6.45) is 6.31. The molecule has 1 rings (SSSR count). The molecule has 0 saturated heterocycles. The number of rotatable bonds is 0. The summed E-state index contributed by atoms with van der Waals surface area (Å²) in [6, 6.07) is 0. The van der Waals surface area contributed by atoms with Crippen molar-refractivity contribution in [3.8, 4) is 0 Å². The van der Waals surface area contributed by atoms with Gasteiger partial charge < -0.3 is 37.2 Å². The Kier molecular flexibility index (Phi) is 22.5. The van der Waals surface area contributed by atoms with Gasteiger partial charge in [0.1, 0.15) is 0 Å². The molecule has 0 N–H and O–H groups in total. The molecule has 0 nitrogen and oxygen atoms in total. The molecule has 0 amide bonds. The first-order valence-electron chi connectivity index (χ1n) is 2.55. The molecule has 11 heavy (non-hydrogen) atoms. The van der Waals surface area contributed by atoms with Gasteiger partial charge in [0.2, 0.25) is 0 Å². The van der Waals surface area contributed by atoms with Crippen LogP contribution in [-0.4, -0.2) is 0 Å². The Labute approximate surface area is 99.0 Å². The first kappa shape index (κ1) is 22.7. The summed E-state index contributed by atoms with van der Waals surface area (Å²) in [6.45, 7) is 4.24. The molecule has 1 radical (unpaired) electrons. The molecule has 4 heteroatoms. The molecule has 1 aliphatic rings. The van der Waals surface area contributed by atoms with Crippen molar-refractivity contribution in [3.05, 3.63) is 23.3 Å². The van der Waals surface area contributed by atoms with Crippen molar-refractivity contribution in [1.82, 2.24) is 0 Å². The minimum absolute atomic E-state index is 0. The van der Waals surface area contributed by atoms with Crippen LogP contribution in [0.5, 0.6) is 0 Å². The number of hydrogen-bond donors (Lipinski definition) is 0. The monoisotopic (exact) mass is 249 g/mol. The predicted octanol–water partition coefficient (Wildman–Crippen LogP) is -6.90. The summed E-state index contributed by atoms with van der Waals surface area (Å²) in [5, 5.41) is 0. The minimum atomic E-state index is 0. The Morgan fingerprint density at radius 3 is 1.73 bits per heavy atom. The molecule has 0 saturated carbocycles. The van der Waals surface area contributed by atoms with Crippen molar-refractivity contribution in [2.24, 2.45) is 0 Å². The van der Waals surface area contributed by atoms with Crippen LogP contribution in [0, 0.1) is 6.08 Å². The molecule has 0 unspecified atom stereocenters. The van der Waals surface area contributed by atoms with Crippen LogP contribution in [0.2, 0.25) is 0 Å². The summed E-state index contributed by atoms with van der Waals surface area (Å²) in [5.41, 5.74) is 2.78. The van der Waals surface area contributed by atoms with E-state index in [-0.39, 0.29) is 55.8 Å². The molecule has 0 bridgehead atoms. The van der Waals surface area contributed by atoms with Crippen LogP contribution in [0.25, 0.3) is 0 Å². The SMILES string of the molecule is CC1=C(C)CC=[C-]1.[Cl-].[Cl-].[Cl-].[V+4]. The Morgan fingerprint density at radius 2 is 1.64 bits per heavy atom. The fraction of sp³-hybridized carbons (Fsp3) is 0.429. The molecule has 63 valence electrons. The Hall–Kier alpha value is 0.934. The van der Waals surface area contributed by atoms with E-state index >= 15 is 0 Å². The maximum absolute atomic E-state index is 3.12. The van der Waals surface area contributed by atoms with E-state index in [4.69, 9.17) is 0 Å². The largest absolute Gasteiger partial charge is 4.00 e. The summed E-state index contributed by atoms with van der Waals surface area (Å²) in [4.78, 5) is 0. The van der Waals surface area contributed by atoms with Crippen LogP contribution in [-0.2, 0) is 18.6 Å². The third-order valence-electron chi connectivity index (χ3n) is 1.37. The molecule has 0 heterocycles. The van der Waals surface area contributed by atoms with E-state index in [2.05, 4.69) is 26.0 Å². The first-order valence-corrected chi connectivity index (χ1v) is 2.55. The van der Waals surface area contributed by atoms with Crippen molar-refractivity contribution >= 4 is 0 Å². The van der Waals surface area contributed by atoms with E-state index in [1.54, 1.807) is 0 Å². The summed E-state index contributed by atoms with van der Waals surface area (Å²) < 4.78 is 0. The summed E-state index contributed by atoms with van der Waals surface area (Å²) in [5.74, 6) is 0. The molecule has 0 aromatic carbocycles. The van der Waals surface area contributed by atoms with Crippen LogP contribution in [0.4, 0.5) is 0 Å². The van der Waals surface area contributed by atoms with Gasteiger partial charge in [-0.1, -0.05) is 13.3 Å². The fourth-order valence-electron chi connectivity index (χ4n) is 0.634. The van der Waals surface area contributed by atoms with Crippen molar-refractivity contribution in [2.75, 3.05) is 0 Å². The van der Waals surface area contributed by atoms with Gasteiger partial charge in [-0.3, -0.25) is 6.08 Å². The second-order valence-electron chi connectivity index (χ2n) is 1.96. The van der Waals surface area contributed by atoms with Crippen LogP contribution >= 0.6 is 0 Å². The summed E-state index contributed by atoms with van der Waals surface area (Å²) in [7, 11) is 0. The topological polar surface area (TPSA) is 0 Å². The summed E-state index contributed by atoms with van der Waals surface area (Å²) >= 11 is 0. The van der Waals surface area contributed by atoms with Crippen molar-refractivity contribution in [3.63, 3.8) is 0 Å². The Balaban J connectivity index is -0.0000000612. The average molecular weight is 250 g/mol. The molecule has 0 aromatic heterocycles.